The van der Waals surface area contributed by atoms with E-state index in [0.29, 0.717) is 5.41 Å². The van der Waals surface area contributed by atoms with Gasteiger partial charge >= 0.3 is 0 Å². The quantitative estimate of drug-likeness (QED) is 0.307. The van der Waals surface area contributed by atoms with Gasteiger partial charge in [0, 0.05) is 13.1 Å². The molecule has 38 heavy (non-hydrogen) atoms. The average molecular weight is 536 g/mol. The Labute approximate surface area is 242 Å². The third-order valence-electron chi connectivity index (χ3n) is 7.42. The van der Waals surface area contributed by atoms with Crippen LogP contribution in [-0.2, 0) is 12.8 Å². The molecule has 0 N–H and O–H groups in total. The van der Waals surface area contributed by atoms with E-state index >= 15 is 0 Å². The first-order valence-corrected chi connectivity index (χ1v) is 15.7. The highest BCUT2D eigenvalue weighted by molar-refractivity contribution is 7.79. The SMILES string of the molecule is CC.CCC1CCN(CCc2ccccc2)CC1(C)CC.CCc1ccccc1.CS.Cc1ccccc1. The van der Waals surface area contributed by atoms with Crippen molar-refractivity contribution in [2.45, 2.75) is 80.6 Å². The largest absolute Gasteiger partial charge is 0.302 e. The normalized spacial score (nSPS) is 18.1. The summed E-state index contributed by atoms with van der Waals surface area (Å²) in [5, 5.41) is 0. The first-order chi connectivity index (χ1) is 18.5. The highest BCUT2D eigenvalue weighted by Crippen LogP contribution is 2.40. The summed E-state index contributed by atoms with van der Waals surface area (Å²) in [4.78, 5) is 2.68. The van der Waals surface area contributed by atoms with Crippen molar-refractivity contribution in [3.05, 3.63) is 108 Å². The van der Waals surface area contributed by atoms with Crippen LogP contribution in [0.15, 0.2) is 91.0 Å². The van der Waals surface area contributed by atoms with Gasteiger partial charge in [0.2, 0.25) is 0 Å². The predicted molar refractivity (Wildman–Crippen MR) is 177 cm³/mol. The second kappa shape index (κ2) is 22.9. The monoisotopic (exact) mass is 535 g/mol. The van der Waals surface area contributed by atoms with Crippen molar-refractivity contribution in [1.82, 2.24) is 4.90 Å². The molecule has 0 amide bonds. The van der Waals surface area contributed by atoms with E-state index in [-0.39, 0.29) is 0 Å². The van der Waals surface area contributed by atoms with Gasteiger partial charge in [-0.05, 0) is 67.9 Å². The Morgan fingerprint density at radius 3 is 1.61 bits per heavy atom. The minimum absolute atomic E-state index is 0.531. The van der Waals surface area contributed by atoms with Crippen molar-refractivity contribution >= 4 is 12.6 Å². The zero-order chi connectivity index (χ0) is 28.7. The van der Waals surface area contributed by atoms with Crippen LogP contribution >= 0.6 is 12.6 Å². The molecule has 3 aromatic carbocycles. The maximum absolute atomic E-state index is 3.53. The lowest BCUT2D eigenvalue weighted by molar-refractivity contribution is 0.0359. The standard InChI is InChI=1S/C18H29N.C8H10.C7H8.C2H6.CH4S/c1-4-17-12-14-19(15-18(17,3)5-2)13-11-16-9-7-6-8-10-16;1-2-8-6-4-3-5-7-8;1-7-5-3-2-4-6-7;2*1-2/h6-10,17H,4-5,11-15H2,1-3H3;3-7H,2H2,1H3;2-6H,1H3;1-2H3;2H,1H3. The Morgan fingerprint density at radius 2 is 1.24 bits per heavy atom. The van der Waals surface area contributed by atoms with Crippen molar-refractivity contribution in [3.8, 4) is 0 Å². The van der Waals surface area contributed by atoms with Gasteiger partial charge < -0.3 is 4.90 Å². The second-order valence-electron chi connectivity index (χ2n) is 9.91. The lowest BCUT2D eigenvalue weighted by atomic mass is 9.69. The van der Waals surface area contributed by atoms with Crippen LogP contribution in [0.1, 0.15) is 77.5 Å². The minimum atomic E-state index is 0.531. The second-order valence-corrected chi connectivity index (χ2v) is 9.91. The average Bonchev–Trinajstić information content (AvgIpc) is 3.00. The van der Waals surface area contributed by atoms with Gasteiger partial charge in [0.15, 0.2) is 0 Å². The molecule has 0 bridgehead atoms. The summed E-state index contributed by atoms with van der Waals surface area (Å²) in [6.45, 7) is 19.3. The molecule has 0 spiro atoms. The van der Waals surface area contributed by atoms with Crippen molar-refractivity contribution in [2.24, 2.45) is 11.3 Å². The number of hydrogen-bond acceptors (Lipinski definition) is 2. The van der Waals surface area contributed by atoms with Crippen LogP contribution in [-0.4, -0.2) is 30.8 Å². The molecule has 1 fully saturated rings. The first kappa shape index (κ1) is 36.0. The fourth-order valence-electron chi connectivity index (χ4n) is 4.87. The van der Waals surface area contributed by atoms with E-state index in [0.717, 1.165) is 12.3 Å². The van der Waals surface area contributed by atoms with Crippen LogP contribution in [0.25, 0.3) is 0 Å². The van der Waals surface area contributed by atoms with Crippen LogP contribution in [0.5, 0.6) is 0 Å². The first-order valence-electron chi connectivity index (χ1n) is 14.8. The summed E-state index contributed by atoms with van der Waals surface area (Å²) in [6.07, 6.45) is 8.07. The van der Waals surface area contributed by atoms with E-state index < -0.39 is 0 Å². The molecule has 1 nitrogen and oxygen atoms in total. The van der Waals surface area contributed by atoms with E-state index in [9.17, 15) is 0 Å². The molecule has 2 atom stereocenters. The summed E-state index contributed by atoms with van der Waals surface area (Å²) in [7, 11) is 0. The van der Waals surface area contributed by atoms with Gasteiger partial charge in [0.05, 0.1) is 0 Å². The molecule has 0 aliphatic carbocycles. The number of thiol groups is 1. The Bertz CT molecular complexity index is 881. The van der Waals surface area contributed by atoms with Crippen molar-refractivity contribution in [1.29, 1.82) is 0 Å². The van der Waals surface area contributed by atoms with E-state index in [1.54, 1.807) is 6.26 Å². The predicted octanol–water partition coefficient (Wildman–Crippen LogP) is 10.2. The van der Waals surface area contributed by atoms with Crippen molar-refractivity contribution < 1.29 is 0 Å². The molecule has 212 valence electrons. The number of hydrogen-bond donors (Lipinski definition) is 1. The molecule has 1 saturated heterocycles. The number of aryl methyl sites for hydroxylation is 2. The maximum atomic E-state index is 3.53. The van der Waals surface area contributed by atoms with E-state index in [1.165, 1.54) is 62.0 Å². The molecule has 1 aliphatic rings. The van der Waals surface area contributed by atoms with Gasteiger partial charge in [-0.15, -0.1) is 0 Å². The summed E-state index contributed by atoms with van der Waals surface area (Å²) >= 11 is 3.53. The summed E-state index contributed by atoms with van der Waals surface area (Å²) in [6, 6.07) is 31.6. The summed E-state index contributed by atoms with van der Waals surface area (Å²) in [5.41, 5.74) is 4.73. The molecule has 0 radical (unpaired) electrons. The Kier molecular flexibility index (Phi) is 21.7. The Balaban J connectivity index is 0.000000592. The van der Waals surface area contributed by atoms with E-state index in [2.05, 4.69) is 119 Å². The van der Waals surface area contributed by atoms with E-state index in [4.69, 9.17) is 0 Å². The van der Waals surface area contributed by atoms with Crippen LogP contribution < -0.4 is 0 Å². The van der Waals surface area contributed by atoms with Crippen LogP contribution in [0.4, 0.5) is 0 Å². The van der Waals surface area contributed by atoms with Gasteiger partial charge in [-0.3, -0.25) is 0 Å². The number of likely N-dealkylation sites (tertiary alicyclic amines) is 1. The third-order valence-corrected chi connectivity index (χ3v) is 7.42. The summed E-state index contributed by atoms with van der Waals surface area (Å²) in [5.74, 6) is 0.922. The molecule has 2 unspecified atom stereocenters. The third kappa shape index (κ3) is 14.8. The number of benzene rings is 3. The van der Waals surface area contributed by atoms with Gasteiger partial charge in [-0.25, -0.2) is 0 Å². The molecular formula is C36H57NS. The minimum Gasteiger partial charge on any atom is -0.302 e. The topological polar surface area (TPSA) is 3.24 Å². The van der Waals surface area contributed by atoms with Gasteiger partial charge in [-0.1, -0.05) is 145 Å². The lowest BCUT2D eigenvalue weighted by Gasteiger charge is -2.46. The molecule has 0 aromatic heterocycles. The van der Waals surface area contributed by atoms with Crippen LogP contribution in [0.2, 0.25) is 0 Å². The number of piperidine rings is 1. The van der Waals surface area contributed by atoms with Gasteiger partial charge in [-0.2, -0.15) is 12.6 Å². The molecule has 3 aromatic rings. The Hall–Kier alpha value is -2.03. The van der Waals surface area contributed by atoms with Gasteiger partial charge in [0.1, 0.15) is 0 Å². The molecular weight excluding hydrogens is 478 g/mol. The molecule has 2 heteroatoms. The smallest absolute Gasteiger partial charge is 0.00380 e. The lowest BCUT2D eigenvalue weighted by Crippen LogP contribution is -2.47. The number of rotatable bonds is 6. The molecule has 4 rings (SSSR count). The molecule has 1 aliphatic heterocycles. The highest BCUT2D eigenvalue weighted by Gasteiger charge is 2.36. The maximum Gasteiger partial charge on any atom is 0.00380 e. The zero-order valence-corrected chi connectivity index (χ0v) is 26.7. The van der Waals surface area contributed by atoms with E-state index in [1.807, 2.05) is 38.1 Å². The summed E-state index contributed by atoms with van der Waals surface area (Å²) < 4.78 is 0. The van der Waals surface area contributed by atoms with Crippen LogP contribution in [0.3, 0.4) is 0 Å². The fourth-order valence-corrected chi connectivity index (χ4v) is 4.87. The highest BCUT2D eigenvalue weighted by atomic mass is 32.1. The zero-order valence-electron chi connectivity index (χ0n) is 25.8. The van der Waals surface area contributed by atoms with Crippen molar-refractivity contribution in [2.75, 3.05) is 25.9 Å². The Morgan fingerprint density at radius 1 is 0.763 bits per heavy atom. The molecule has 1 heterocycles. The number of nitrogens with zero attached hydrogens (tertiary/aromatic N) is 1. The van der Waals surface area contributed by atoms with Crippen molar-refractivity contribution in [3.63, 3.8) is 0 Å². The van der Waals surface area contributed by atoms with Gasteiger partial charge in [0.25, 0.3) is 0 Å². The fraction of sp³-hybridized carbons (Fsp3) is 0.500. The molecule has 0 saturated carbocycles. The van der Waals surface area contributed by atoms with Crippen LogP contribution in [0, 0.1) is 18.3 Å².